The lowest BCUT2D eigenvalue weighted by Gasteiger charge is -2.41. The maximum Gasteiger partial charge on any atom is 0.303 e. The number of carbonyl (C=O) groups excluding carboxylic acids is 1. The van der Waals surface area contributed by atoms with Crippen molar-refractivity contribution < 1.29 is 4.79 Å². The summed E-state index contributed by atoms with van der Waals surface area (Å²) in [5.74, 6) is 0. The largest absolute Gasteiger partial charge is 0.353 e. The highest BCUT2D eigenvalue weighted by atomic mass is 28.3. The fraction of sp³-hybridized carbons (Fsp3) is 0.909. The Morgan fingerprint density at radius 2 is 1.12 bits per heavy atom. The molecule has 16 heavy (non-hydrogen) atoms. The Kier molecular flexibility index (Phi) is 3.89. The molecule has 2 amide bonds. The van der Waals surface area contributed by atoms with E-state index in [0.29, 0.717) is 6.03 Å². The van der Waals surface area contributed by atoms with Crippen LogP contribution in [0.3, 0.4) is 0 Å². The van der Waals surface area contributed by atoms with Crippen molar-refractivity contribution in [3.63, 3.8) is 0 Å². The third-order valence-electron chi connectivity index (χ3n) is 3.09. The first-order valence-corrected chi connectivity index (χ1v) is 13.1. The molecule has 0 aliphatic carbocycles. The molecule has 0 N–H and O–H groups in total. The second-order valence-electron chi connectivity index (χ2n) is 6.63. The van der Waals surface area contributed by atoms with Crippen LogP contribution in [0.1, 0.15) is 12.8 Å². The number of nitrogens with zero attached hydrogens (tertiary/aromatic N) is 2. The smallest absolute Gasteiger partial charge is 0.303 e. The van der Waals surface area contributed by atoms with Crippen molar-refractivity contribution in [1.29, 1.82) is 0 Å². The van der Waals surface area contributed by atoms with Gasteiger partial charge in [0, 0.05) is 13.1 Å². The highest BCUT2D eigenvalue weighted by molar-refractivity contribution is 6.78. The lowest BCUT2D eigenvalue weighted by Crippen LogP contribution is -2.59. The summed E-state index contributed by atoms with van der Waals surface area (Å²) in [5, 5.41) is 0. The molecule has 5 heteroatoms. The van der Waals surface area contributed by atoms with Gasteiger partial charge in [0.05, 0.1) is 0 Å². The van der Waals surface area contributed by atoms with Crippen LogP contribution in [-0.2, 0) is 0 Å². The van der Waals surface area contributed by atoms with Gasteiger partial charge in [0.2, 0.25) is 0 Å². The van der Waals surface area contributed by atoms with Gasteiger partial charge in [-0.05, 0) is 12.8 Å². The van der Waals surface area contributed by atoms with Crippen LogP contribution in [0.4, 0.5) is 4.79 Å². The van der Waals surface area contributed by atoms with Gasteiger partial charge < -0.3 is 9.13 Å². The van der Waals surface area contributed by atoms with E-state index in [1.165, 1.54) is 0 Å². The topological polar surface area (TPSA) is 23.6 Å². The molecule has 3 nitrogen and oxygen atoms in total. The van der Waals surface area contributed by atoms with Gasteiger partial charge >= 0.3 is 6.03 Å². The molecule has 0 unspecified atom stereocenters. The van der Waals surface area contributed by atoms with Crippen LogP contribution in [-0.4, -0.2) is 44.7 Å². The molecule has 94 valence electrons. The number of amides is 2. The Bertz CT molecular complexity index is 242. The van der Waals surface area contributed by atoms with Crippen LogP contribution in [0, 0.1) is 0 Å². The Labute approximate surface area is 102 Å². The fourth-order valence-corrected chi connectivity index (χ4v) is 5.27. The Morgan fingerprint density at radius 1 is 0.812 bits per heavy atom. The van der Waals surface area contributed by atoms with Gasteiger partial charge in [-0.25, -0.2) is 0 Å². The van der Waals surface area contributed by atoms with E-state index in [4.69, 9.17) is 0 Å². The molecular weight excluding hydrogens is 232 g/mol. The zero-order valence-electron chi connectivity index (χ0n) is 11.6. The quantitative estimate of drug-likeness (QED) is 0.698. The Balaban J connectivity index is 2.94. The highest BCUT2D eigenvalue weighted by Gasteiger charge is 2.37. The molecule has 1 saturated heterocycles. The van der Waals surface area contributed by atoms with Crippen LogP contribution < -0.4 is 0 Å². The molecule has 0 aromatic rings. The van der Waals surface area contributed by atoms with Crippen molar-refractivity contribution in [3.8, 4) is 0 Å². The fourth-order valence-electron chi connectivity index (χ4n) is 2.12. The Hall–Kier alpha value is -0.296. The van der Waals surface area contributed by atoms with E-state index in [1.54, 1.807) is 0 Å². The van der Waals surface area contributed by atoms with Crippen molar-refractivity contribution in [2.45, 2.75) is 52.1 Å². The van der Waals surface area contributed by atoms with Gasteiger partial charge in [-0.2, -0.15) is 0 Å². The molecule has 0 aromatic heterocycles. The monoisotopic (exact) mass is 258 g/mol. The average Bonchev–Trinajstić information content (AvgIpc) is 2.23. The van der Waals surface area contributed by atoms with Gasteiger partial charge in [-0.3, -0.25) is 4.79 Å². The zero-order valence-corrected chi connectivity index (χ0v) is 13.6. The van der Waals surface area contributed by atoms with Gasteiger partial charge in [0.25, 0.3) is 0 Å². The molecule has 1 aliphatic heterocycles. The van der Waals surface area contributed by atoms with Gasteiger partial charge in [0.15, 0.2) is 16.5 Å². The zero-order chi connectivity index (χ0) is 12.6. The lowest BCUT2D eigenvalue weighted by molar-refractivity contribution is 0.206. The SMILES string of the molecule is C[Si](C)(C)N1CCCCN([Si](C)(C)C)C1=O. The molecule has 1 rings (SSSR count). The van der Waals surface area contributed by atoms with Crippen LogP contribution in [0.5, 0.6) is 0 Å². The third kappa shape index (κ3) is 3.10. The molecule has 1 heterocycles. The Morgan fingerprint density at radius 3 is 1.38 bits per heavy atom. The number of hydrogen-bond donors (Lipinski definition) is 0. The van der Waals surface area contributed by atoms with E-state index in [1.807, 2.05) is 0 Å². The molecule has 0 saturated carbocycles. The highest BCUT2D eigenvalue weighted by Crippen LogP contribution is 2.22. The molecule has 0 radical (unpaired) electrons. The van der Waals surface area contributed by atoms with Gasteiger partial charge in [0.1, 0.15) is 0 Å². The first kappa shape index (κ1) is 13.8. The summed E-state index contributed by atoms with van der Waals surface area (Å²) in [6, 6.07) is 0.316. The summed E-state index contributed by atoms with van der Waals surface area (Å²) in [5.41, 5.74) is 0. The van der Waals surface area contributed by atoms with E-state index < -0.39 is 16.5 Å². The third-order valence-corrected chi connectivity index (χ3v) is 7.16. The normalized spacial score (nSPS) is 20.0. The first-order valence-electron chi connectivity index (χ1n) is 6.23. The number of hydrogen-bond acceptors (Lipinski definition) is 1. The van der Waals surface area contributed by atoms with Crippen LogP contribution in [0.2, 0.25) is 39.3 Å². The minimum Gasteiger partial charge on any atom is -0.353 e. The molecule has 0 atom stereocenters. The molecular formula is C11H26N2OSi2. The second-order valence-corrected chi connectivity index (χ2v) is 16.4. The summed E-state index contributed by atoms with van der Waals surface area (Å²) < 4.78 is 4.36. The summed E-state index contributed by atoms with van der Waals surface area (Å²) >= 11 is 0. The van der Waals surface area contributed by atoms with Crippen molar-refractivity contribution in [2.24, 2.45) is 0 Å². The number of carbonyl (C=O) groups is 1. The number of rotatable bonds is 2. The lowest BCUT2D eigenvalue weighted by atomic mass is 10.3. The molecule has 1 aliphatic rings. The summed E-state index contributed by atoms with van der Waals surface area (Å²) in [7, 11) is -3.02. The summed E-state index contributed by atoms with van der Waals surface area (Å²) in [6.07, 6.45) is 2.33. The van der Waals surface area contributed by atoms with E-state index in [0.717, 1.165) is 25.9 Å². The predicted octanol–water partition coefficient (Wildman–Crippen LogP) is 3.17. The summed E-state index contributed by atoms with van der Waals surface area (Å²) in [4.78, 5) is 12.6. The first-order chi connectivity index (χ1) is 7.14. The molecule has 0 spiro atoms. The van der Waals surface area contributed by atoms with Gasteiger partial charge in [-0.15, -0.1) is 0 Å². The van der Waals surface area contributed by atoms with E-state index in [9.17, 15) is 4.79 Å². The maximum absolute atomic E-state index is 12.6. The van der Waals surface area contributed by atoms with Crippen molar-refractivity contribution in [3.05, 3.63) is 0 Å². The van der Waals surface area contributed by atoms with Crippen molar-refractivity contribution >= 4 is 22.5 Å². The van der Waals surface area contributed by atoms with Crippen LogP contribution >= 0.6 is 0 Å². The van der Waals surface area contributed by atoms with E-state index in [-0.39, 0.29) is 0 Å². The summed E-state index contributed by atoms with van der Waals surface area (Å²) in [6.45, 7) is 15.5. The second kappa shape index (κ2) is 4.52. The average molecular weight is 259 g/mol. The van der Waals surface area contributed by atoms with E-state index in [2.05, 4.69) is 48.4 Å². The minimum absolute atomic E-state index is 0.316. The standard InChI is InChI=1S/C11H26N2OSi2/c1-15(2,3)12-9-7-8-10-13(11(12)14)16(4,5)6/h7-10H2,1-6H3. The molecule has 0 aromatic carbocycles. The van der Waals surface area contributed by atoms with Crippen molar-refractivity contribution in [1.82, 2.24) is 9.13 Å². The minimum atomic E-state index is -1.51. The maximum atomic E-state index is 12.6. The molecule has 0 bridgehead atoms. The predicted molar refractivity (Wildman–Crippen MR) is 74.7 cm³/mol. The van der Waals surface area contributed by atoms with Crippen LogP contribution in [0.25, 0.3) is 0 Å². The molecule has 1 fully saturated rings. The van der Waals surface area contributed by atoms with E-state index >= 15 is 0 Å². The van der Waals surface area contributed by atoms with Gasteiger partial charge in [-0.1, -0.05) is 39.3 Å². The van der Waals surface area contributed by atoms with Crippen molar-refractivity contribution in [2.75, 3.05) is 13.1 Å². The van der Waals surface area contributed by atoms with Crippen LogP contribution in [0.15, 0.2) is 0 Å². The number of urea groups is 1.